The van der Waals surface area contributed by atoms with Crippen LogP contribution in [0.25, 0.3) is 0 Å². The molecule has 134 valence electrons. The first-order chi connectivity index (χ1) is 12.5. The zero-order valence-corrected chi connectivity index (χ0v) is 16.3. The number of H-pyrrole nitrogens is 1. The lowest BCUT2D eigenvalue weighted by Gasteiger charge is -2.08. The van der Waals surface area contributed by atoms with Crippen molar-refractivity contribution in [2.75, 3.05) is 11.1 Å². The second-order valence-electron chi connectivity index (χ2n) is 5.62. The van der Waals surface area contributed by atoms with Crippen LogP contribution in [0.3, 0.4) is 0 Å². The molecule has 0 aliphatic heterocycles. The number of thioether (sulfide) groups is 1. The number of rotatable bonds is 6. The molecule has 0 saturated carbocycles. The molecule has 0 bridgehead atoms. The van der Waals surface area contributed by atoms with Crippen LogP contribution in [-0.4, -0.2) is 26.8 Å². The van der Waals surface area contributed by atoms with Gasteiger partial charge < -0.3 is 5.32 Å². The first-order valence-electron chi connectivity index (χ1n) is 7.85. The predicted octanol–water partition coefficient (Wildman–Crippen LogP) is 4.74. The monoisotopic (exact) mass is 406 g/mol. The molecule has 0 atom stereocenters. The lowest BCUT2D eigenvalue weighted by Crippen LogP contribution is -2.15. The first-order valence-corrected chi connectivity index (χ1v) is 9.59. The van der Waals surface area contributed by atoms with E-state index in [2.05, 4.69) is 20.5 Å². The second kappa shape index (κ2) is 8.58. The zero-order valence-electron chi connectivity index (χ0n) is 13.9. The molecule has 0 spiro atoms. The second-order valence-corrected chi connectivity index (χ2v) is 7.40. The summed E-state index contributed by atoms with van der Waals surface area (Å²) in [4.78, 5) is 16.5. The molecule has 3 rings (SSSR count). The van der Waals surface area contributed by atoms with E-state index in [0.29, 0.717) is 27.3 Å². The predicted molar refractivity (Wildman–Crippen MR) is 106 cm³/mol. The molecular formula is C18H16Cl2N4OS. The van der Waals surface area contributed by atoms with Gasteiger partial charge in [-0.3, -0.25) is 9.89 Å². The average Bonchev–Trinajstić information content (AvgIpc) is 3.07. The van der Waals surface area contributed by atoms with E-state index in [1.54, 1.807) is 12.1 Å². The van der Waals surface area contributed by atoms with Crippen LogP contribution in [0.1, 0.15) is 17.0 Å². The largest absolute Gasteiger partial charge is 0.325 e. The summed E-state index contributed by atoms with van der Waals surface area (Å²) >= 11 is 13.2. The van der Waals surface area contributed by atoms with Gasteiger partial charge in [0.2, 0.25) is 11.1 Å². The molecule has 26 heavy (non-hydrogen) atoms. The Morgan fingerprint density at radius 1 is 1.19 bits per heavy atom. The third-order valence-electron chi connectivity index (χ3n) is 3.67. The summed E-state index contributed by atoms with van der Waals surface area (Å²) in [5.41, 5.74) is 2.63. The summed E-state index contributed by atoms with van der Waals surface area (Å²) in [6, 6.07) is 13.0. The Labute approximate surface area is 165 Å². The number of nitrogens with one attached hydrogen (secondary N) is 2. The standard InChI is InChI=1S/C18H16Cl2N4OS/c1-11-14(20)3-2-4-15(11)21-17(25)10-26-18-22-16(23-24-18)9-12-5-7-13(19)8-6-12/h2-8H,9-10H2,1H3,(H,21,25)(H,22,23,24). The summed E-state index contributed by atoms with van der Waals surface area (Å²) in [6.07, 6.45) is 0.624. The van der Waals surface area contributed by atoms with E-state index in [4.69, 9.17) is 23.2 Å². The molecule has 0 fully saturated rings. The Bertz CT molecular complexity index is 912. The number of amides is 1. The Morgan fingerprint density at radius 2 is 1.96 bits per heavy atom. The van der Waals surface area contributed by atoms with Crippen molar-refractivity contribution >= 4 is 46.6 Å². The van der Waals surface area contributed by atoms with Gasteiger partial charge in [0.15, 0.2) is 0 Å². The molecule has 1 amide bonds. The van der Waals surface area contributed by atoms with E-state index in [-0.39, 0.29) is 11.7 Å². The van der Waals surface area contributed by atoms with Gasteiger partial charge in [-0.2, -0.15) is 0 Å². The summed E-state index contributed by atoms with van der Waals surface area (Å²) < 4.78 is 0. The topological polar surface area (TPSA) is 70.7 Å². The highest BCUT2D eigenvalue weighted by atomic mass is 35.5. The van der Waals surface area contributed by atoms with Crippen LogP contribution in [0.15, 0.2) is 47.6 Å². The van der Waals surface area contributed by atoms with Crippen LogP contribution in [0, 0.1) is 6.92 Å². The number of aromatic amines is 1. The molecule has 1 heterocycles. The maximum atomic E-state index is 12.1. The first kappa shape index (κ1) is 18.8. The van der Waals surface area contributed by atoms with Gasteiger partial charge in [-0.05, 0) is 42.3 Å². The summed E-state index contributed by atoms with van der Waals surface area (Å²) in [6.45, 7) is 1.86. The van der Waals surface area contributed by atoms with Gasteiger partial charge >= 0.3 is 0 Å². The van der Waals surface area contributed by atoms with Gasteiger partial charge in [0.25, 0.3) is 0 Å². The van der Waals surface area contributed by atoms with Gasteiger partial charge in [-0.25, -0.2) is 4.98 Å². The lowest BCUT2D eigenvalue weighted by atomic mass is 10.1. The maximum Gasteiger partial charge on any atom is 0.234 e. The molecule has 5 nitrogen and oxygen atoms in total. The molecule has 2 N–H and O–H groups in total. The van der Waals surface area contributed by atoms with Gasteiger partial charge in [0, 0.05) is 22.2 Å². The Kier molecular flexibility index (Phi) is 6.19. The fourth-order valence-corrected chi connectivity index (χ4v) is 3.19. The number of aromatic nitrogens is 3. The third kappa shape index (κ3) is 5.00. The minimum absolute atomic E-state index is 0.135. The van der Waals surface area contributed by atoms with Crippen LogP contribution in [0.4, 0.5) is 5.69 Å². The molecule has 3 aromatic rings. The number of halogens is 2. The molecule has 0 aliphatic carbocycles. The SMILES string of the molecule is Cc1c(Cl)cccc1NC(=O)CSc1n[nH]c(Cc2ccc(Cl)cc2)n1. The van der Waals surface area contributed by atoms with Crippen LogP contribution in [0.5, 0.6) is 0 Å². The molecule has 0 unspecified atom stereocenters. The van der Waals surface area contributed by atoms with Crippen molar-refractivity contribution in [1.82, 2.24) is 15.2 Å². The Hall–Kier alpha value is -2.02. The van der Waals surface area contributed by atoms with E-state index in [1.807, 2.05) is 37.3 Å². The summed E-state index contributed by atoms with van der Waals surface area (Å²) in [7, 11) is 0. The highest BCUT2D eigenvalue weighted by Crippen LogP contribution is 2.23. The smallest absolute Gasteiger partial charge is 0.234 e. The van der Waals surface area contributed by atoms with Crippen molar-refractivity contribution in [2.24, 2.45) is 0 Å². The van der Waals surface area contributed by atoms with E-state index in [9.17, 15) is 4.79 Å². The molecule has 0 saturated heterocycles. The quantitative estimate of drug-likeness (QED) is 0.579. The number of nitrogens with zero attached hydrogens (tertiary/aromatic N) is 2. The van der Waals surface area contributed by atoms with Crippen molar-refractivity contribution < 1.29 is 4.79 Å². The van der Waals surface area contributed by atoms with Gasteiger partial charge in [0.05, 0.1) is 5.75 Å². The third-order valence-corrected chi connectivity index (χ3v) is 5.18. The average molecular weight is 407 g/mol. The van der Waals surface area contributed by atoms with Crippen LogP contribution in [-0.2, 0) is 11.2 Å². The molecule has 0 aliphatic rings. The van der Waals surface area contributed by atoms with Crippen LogP contribution >= 0.6 is 35.0 Å². The van der Waals surface area contributed by atoms with Gasteiger partial charge in [-0.1, -0.05) is 53.2 Å². The minimum Gasteiger partial charge on any atom is -0.325 e. The number of carbonyl (C=O) groups excluding carboxylic acids is 1. The number of hydrogen-bond donors (Lipinski definition) is 2. The fraction of sp³-hybridized carbons (Fsp3) is 0.167. The summed E-state index contributed by atoms with van der Waals surface area (Å²) in [5, 5.41) is 11.7. The van der Waals surface area contributed by atoms with E-state index < -0.39 is 0 Å². The number of benzene rings is 2. The number of anilines is 1. The van der Waals surface area contributed by atoms with Crippen LogP contribution < -0.4 is 5.32 Å². The highest BCUT2D eigenvalue weighted by molar-refractivity contribution is 7.99. The van der Waals surface area contributed by atoms with Crippen molar-refractivity contribution in [3.05, 3.63) is 69.5 Å². The minimum atomic E-state index is -0.135. The Balaban J connectivity index is 1.53. The van der Waals surface area contributed by atoms with Crippen molar-refractivity contribution in [2.45, 2.75) is 18.5 Å². The molecule has 0 radical (unpaired) electrons. The molecule has 8 heteroatoms. The van der Waals surface area contributed by atoms with Crippen LogP contribution in [0.2, 0.25) is 10.0 Å². The van der Waals surface area contributed by atoms with E-state index in [0.717, 1.165) is 17.0 Å². The zero-order chi connectivity index (χ0) is 18.5. The van der Waals surface area contributed by atoms with Crippen molar-refractivity contribution in [1.29, 1.82) is 0 Å². The van der Waals surface area contributed by atoms with Gasteiger partial charge in [0.1, 0.15) is 5.82 Å². The van der Waals surface area contributed by atoms with Gasteiger partial charge in [-0.15, -0.1) is 5.10 Å². The molecular weight excluding hydrogens is 391 g/mol. The van der Waals surface area contributed by atoms with Crippen molar-refractivity contribution in [3.63, 3.8) is 0 Å². The van der Waals surface area contributed by atoms with E-state index >= 15 is 0 Å². The fourth-order valence-electron chi connectivity index (χ4n) is 2.28. The molecule has 1 aromatic heterocycles. The summed E-state index contributed by atoms with van der Waals surface area (Å²) in [5.74, 6) is 0.815. The van der Waals surface area contributed by atoms with E-state index in [1.165, 1.54) is 11.8 Å². The van der Waals surface area contributed by atoms with Crippen molar-refractivity contribution in [3.8, 4) is 0 Å². The lowest BCUT2D eigenvalue weighted by molar-refractivity contribution is -0.113. The normalized spacial score (nSPS) is 10.7. The Morgan fingerprint density at radius 3 is 2.73 bits per heavy atom. The number of hydrogen-bond acceptors (Lipinski definition) is 4. The highest BCUT2D eigenvalue weighted by Gasteiger charge is 2.10. The molecule has 2 aromatic carbocycles. The maximum absolute atomic E-state index is 12.1. The number of carbonyl (C=O) groups is 1.